The van der Waals surface area contributed by atoms with Crippen LogP contribution < -0.4 is 27.1 Å². The summed E-state index contributed by atoms with van der Waals surface area (Å²) in [6, 6.07) is 6.51. The number of methoxy groups -OCH3 is 1. The van der Waals surface area contributed by atoms with Gasteiger partial charge in [0.1, 0.15) is 11.5 Å². The van der Waals surface area contributed by atoms with Crippen molar-refractivity contribution >= 4 is 40.9 Å². The number of hydrazone groups is 2. The minimum atomic E-state index is -1.31. The number of primary amides is 2. The van der Waals surface area contributed by atoms with E-state index >= 15 is 0 Å². The third-order valence-corrected chi connectivity index (χ3v) is 3.33. The zero-order valence-corrected chi connectivity index (χ0v) is 14.4. The Kier molecular flexibility index (Phi) is 6.00. The van der Waals surface area contributed by atoms with Crippen LogP contribution in [-0.2, 0) is 23.9 Å². The Bertz CT molecular complexity index is 923. The number of rotatable bonds is 4. The lowest BCUT2D eigenvalue weighted by Gasteiger charge is -2.11. The van der Waals surface area contributed by atoms with Crippen LogP contribution in [0.1, 0.15) is 11.7 Å². The third kappa shape index (κ3) is 4.46. The fourth-order valence-electron chi connectivity index (χ4n) is 2.05. The summed E-state index contributed by atoms with van der Waals surface area (Å²) in [5.74, 6) is -5.12. The van der Waals surface area contributed by atoms with E-state index in [1.54, 1.807) is 24.3 Å². The van der Waals surface area contributed by atoms with Gasteiger partial charge in [-0.2, -0.15) is 10.2 Å². The van der Waals surface area contributed by atoms with Crippen molar-refractivity contribution in [1.29, 1.82) is 5.41 Å². The number of carbonyl (C=O) groups is 4. The molecule has 1 aliphatic heterocycles. The summed E-state index contributed by atoms with van der Waals surface area (Å²) in [5.41, 5.74) is 13.4. The largest absolute Gasteiger partial charge is 0.497 e. The fourth-order valence-corrected chi connectivity index (χ4v) is 2.05. The van der Waals surface area contributed by atoms with E-state index in [1.165, 1.54) is 7.11 Å². The molecule has 1 aliphatic rings. The van der Waals surface area contributed by atoms with Crippen molar-refractivity contribution in [2.45, 2.75) is 6.10 Å². The second-order valence-corrected chi connectivity index (χ2v) is 5.17. The molecule has 0 saturated carbocycles. The average molecular weight is 389 g/mol. The van der Waals surface area contributed by atoms with Crippen LogP contribution in [0.25, 0.3) is 0 Å². The lowest BCUT2D eigenvalue weighted by atomic mass is 10.0. The Morgan fingerprint density at radius 3 is 2.29 bits per heavy atom. The number of ether oxygens (including phenoxy) is 2. The first kappa shape index (κ1) is 20.0. The van der Waals surface area contributed by atoms with Crippen LogP contribution in [0, 0.1) is 5.41 Å². The van der Waals surface area contributed by atoms with Gasteiger partial charge in [0.2, 0.25) is 5.90 Å². The topological polar surface area (TPSA) is 211 Å². The van der Waals surface area contributed by atoms with Crippen LogP contribution >= 0.6 is 0 Å². The van der Waals surface area contributed by atoms with Crippen LogP contribution in [0.3, 0.4) is 0 Å². The van der Waals surface area contributed by atoms with E-state index in [-0.39, 0.29) is 11.4 Å². The van der Waals surface area contributed by atoms with Gasteiger partial charge in [-0.25, -0.2) is 10.9 Å². The van der Waals surface area contributed by atoms with Gasteiger partial charge >= 0.3 is 23.6 Å². The number of hydrogen-bond donors (Lipinski definition) is 5. The van der Waals surface area contributed by atoms with E-state index in [2.05, 4.69) is 10.2 Å². The number of hydrogen-bond acceptors (Lipinski definition) is 9. The fraction of sp³-hybridized carbons (Fsp3) is 0.133. The molecule has 0 aromatic heterocycles. The van der Waals surface area contributed by atoms with E-state index < -0.39 is 35.6 Å². The molecule has 0 unspecified atom stereocenters. The minimum Gasteiger partial charge on any atom is -0.497 e. The molecule has 146 valence electrons. The van der Waals surface area contributed by atoms with Gasteiger partial charge in [0, 0.05) is 5.56 Å². The van der Waals surface area contributed by atoms with Crippen molar-refractivity contribution in [3.8, 4) is 5.75 Å². The number of amides is 4. The van der Waals surface area contributed by atoms with Gasteiger partial charge in [0.15, 0.2) is 11.8 Å². The van der Waals surface area contributed by atoms with E-state index in [9.17, 15) is 19.2 Å². The van der Waals surface area contributed by atoms with Gasteiger partial charge in [0.25, 0.3) is 0 Å². The van der Waals surface area contributed by atoms with Crippen molar-refractivity contribution in [2.75, 3.05) is 7.11 Å². The molecule has 7 N–H and O–H groups in total. The Labute approximate surface area is 157 Å². The van der Waals surface area contributed by atoms with Crippen LogP contribution in [0.5, 0.6) is 5.75 Å². The van der Waals surface area contributed by atoms with E-state index in [0.717, 1.165) is 0 Å². The predicted octanol–water partition coefficient (Wildman–Crippen LogP) is -2.34. The molecular formula is C15H15N7O6. The van der Waals surface area contributed by atoms with Gasteiger partial charge in [-0.1, -0.05) is 12.1 Å². The summed E-state index contributed by atoms with van der Waals surface area (Å²) in [6.07, 6.45) is -1.04. The first-order valence-electron chi connectivity index (χ1n) is 7.49. The van der Waals surface area contributed by atoms with Gasteiger partial charge in [-0.15, -0.1) is 0 Å². The number of nitrogens with one attached hydrogen (secondary N) is 3. The summed E-state index contributed by atoms with van der Waals surface area (Å²) in [6.45, 7) is 0. The smallest absolute Gasteiger partial charge is 0.329 e. The lowest BCUT2D eigenvalue weighted by Crippen LogP contribution is -2.36. The Balaban J connectivity index is 2.44. The Morgan fingerprint density at radius 2 is 1.71 bits per heavy atom. The number of nitrogens with two attached hydrogens (primary N) is 2. The molecule has 1 saturated heterocycles. The molecule has 1 fully saturated rings. The molecule has 1 aromatic rings. The molecule has 0 radical (unpaired) electrons. The third-order valence-electron chi connectivity index (χ3n) is 3.33. The first-order valence-corrected chi connectivity index (χ1v) is 7.49. The van der Waals surface area contributed by atoms with Crippen molar-refractivity contribution in [1.82, 2.24) is 10.9 Å². The second kappa shape index (κ2) is 8.39. The van der Waals surface area contributed by atoms with Gasteiger partial charge in [-0.05, 0) is 12.1 Å². The van der Waals surface area contributed by atoms with Crippen molar-refractivity contribution in [2.24, 2.45) is 21.7 Å². The summed E-state index contributed by atoms with van der Waals surface area (Å²) in [7, 11) is 1.45. The zero-order chi connectivity index (χ0) is 20.8. The highest BCUT2D eigenvalue weighted by Crippen LogP contribution is 2.28. The van der Waals surface area contributed by atoms with E-state index in [0.29, 0.717) is 11.3 Å². The zero-order valence-electron chi connectivity index (χ0n) is 14.4. The molecule has 4 amide bonds. The average Bonchev–Trinajstić information content (AvgIpc) is 2.99. The van der Waals surface area contributed by atoms with Gasteiger partial charge < -0.3 is 20.9 Å². The van der Waals surface area contributed by atoms with Gasteiger partial charge in [0.05, 0.1) is 7.11 Å². The Morgan fingerprint density at radius 1 is 1.11 bits per heavy atom. The maximum atomic E-state index is 11.4. The van der Waals surface area contributed by atoms with Gasteiger partial charge in [-0.3, -0.25) is 24.6 Å². The molecule has 13 heteroatoms. The number of benzene rings is 1. The van der Waals surface area contributed by atoms with Crippen LogP contribution in [-0.4, -0.2) is 48.1 Å². The monoisotopic (exact) mass is 389 g/mol. The minimum absolute atomic E-state index is 0.141. The van der Waals surface area contributed by atoms with Crippen molar-refractivity contribution in [3.63, 3.8) is 0 Å². The highest BCUT2D eigenvalue weighted by molar-refractivity contribution is 6.69. The SMILES string of the molecule is COc1cccc([C@H]2OC(=N)/C(=N/NC(=O)C(N)=O)C2=NNC(=O)C(N)=O)c1. The van der Waals surface area contributed by atoms with E-state index in [1.807, 2.05) is 10.9 Å². The number of carbonyl (C=O) groups excluding carboxylic acids is 4. The molecule has 0 spiro atoms. The lowest BCUT2D eigenvalue weighted by molar-refractivity contribution is -0.137. The second-order valence-electron chi connectivity index (χ2n) is 5.17. The molecule has 1 atom stereocenters. The molecule has 1 aromatic carbocycles. The summed E-state index contributed by atoms with van der Waals surface area (Å²) in [5, 5.41) is 15.2. The molecular weight excluding hydrogens is 374 g/mol. The molecule has 1 heterocycles. The molecule has 13 nitrogen and oxygen atoms in total. The standard InChI is InChI=1S/C15H15N7O6/c1-27-7-4-2-3-6(5-7)10-8(19-21-14(25)11(16)23)9(13(18)28-10)20-22-15(26)12(17)24/h2-5,10,18H,1H3,(H2,16,23)(H2,17,24)(H,21,25)(H,22,26)/b18-13?,19-8?,20-9+/t10-/m1/s1. The number of nitrogens with zero attached hydrogens (tertiary/aromatic N) is 2. The van der Waals surface area contributed by atoms with Crippen molar-refractivity contribution in [3.05, 3.63) is 29.8 Å². The summed E-state index contributed by atoms with van der Waals surface area (Å²) >= 11 is 0. The van der Waals surface area contributed by atoms with Crippen LogP contribution in [0.2, 0.25) is 0 Å². The van der Waals surface area contributed by atoms with Crippen LogP contribution in [0.15, 0.2) is 34.5 Å². The molecule has 0 bridgehead atoms. The van der Waals surface area contributed by atoms with Crippen LogP contribution in [0.4, 0.5) is 0 Å². The quantitative estimate of drug-likeness (QED) is 0.281. The summed E-state index contributed by atoms with van der Waals surface area (Å²) in [4.78, 5) is 44.4. The maximum Gasteiger partial charge on any atom is 0.329 e. The van der Waals surface area contributed by atoms with E-state index in [4.69, 9.17) is 26.4 Å². The first-order chi connectivity index (χ1) is 13.2. The maximum absolute atomic E-state index is 11.4. The highest BCUT2D eigenvalue weighted by Gasteiger charge is 2.38. The van der Waals surface area contributed by atoms with Crippen molar-refractivity contribution < 1.29 is 28.7 Å². The summed E-state index contributed by atoms with van der Waals surface area (Å²) < 4.78 is 10.5. The molecule has 2 rings (SSSR count). The normalized spacial score (nSPS) is 18.5. The highest BCUT2D eigenvalue weighted by atomic mass is 16.5. The predicted molar refractivity (Wildman–Crippen MR) is 94.1 cm³/mol. The molecule has 0 aliphatic carbocycles. The Hall–Kier alpha value is -4.29. The molecule has 28 heavy (non-hydrogen) atoms.